The Morgan fingerprint density at radius 1 is 1.23 bits per heavy atom. The molecule has 0 aromatic carbocycles. The predicted octanol–water partition coefficient (Wildman–Crippen LogP) is 2.57. The van der Waals surface area contributed by atoms with Crippen LogP contribution in [-0.2, 0) is 4.74 Å². The highest BCUT2D eigenvalue weighted by atomic mass is 16.5. The minimum Gasteiger partial charge on any atom is -0.380 e. The van der Waals surface area contributed by atoms with E-state index in [-0.39, 0.29) is 6.04 Å². The molecule has 80 valence electrons. The van der Waals surface area contributed by atoms with Crippen LogP contribution in [0, 0.1) is 5.92 Å². The van der Waals surface area contributed by atoms with Crippen LogP contribution in [0.2, 0.25) is 0 Å². The van der Waals surface area contributed by atoms with Crippen LogP contribution in [0.1, 0.15) is 46.5 Å². The highest BCUT2D eigenvalue weighted by Crippen LogP contribution is 2.15. The van der Waals surface area contributed by atoms with Gasteiger partial charge in [-0.3, -0.25) is 0 Å². The third-order valence-electron chi connectivity index (χ3n) is 2.57. The molecule has 0 amide bonds. The van der Waals surface area contributed by atoms with Crippen LogP contribution in [0.25, 0.3) is 0 Å². The van der Waals surface area contributed by atoms with Crippen LogP contribution >= 0.6 is 0 Å². The maximum Gasteiger partial charge on any atom is 0.0620 e. The quantitative estimate of drug-likeness (QED) is 0.634. The number of hydrogen-bond acceptors (Lipinski definition) is 2. The summed E-state index contributed by atoms with van der Waals surface area (Å²) >= 11 is 0. The second-order valence-electron chi connectivity index (χ2n) is 3.63. The van der Waals surface area contributed by atoms with E-state index < -0.39 is 0 Å². The van der Waals surface area contributed by atoms with E-state index in [0.717, 1.165) is 13.2 Å². The molecular formula is C11H25NO. The van der Waals surface area contributed by atoms with Crippen molar-refractivity contribution in [1.29, 1.82) is 0 Å². The molecule has 2 unspecified atom stereocenters. The summed E-state index contributed by atoms with van der Waals surface area (Å²) in [6, 6.07) is 0.233. The molecule has 0 rings (SSSR count). The van der Waals surface area contributed by atoms with E-state index in [4.69, 9.17) is 10.5 Å². The molecule has 0 aliphatic heterocycles. The lowest BCUT2D eigenvalue weighted by Crippen LogP contribution is -2.34. The Balaban J connectivity index is 3.63. The number of ether oxygens (including phenoxy) is 1. The van der Waals surface area contributed by atoms with Gasteiger partial charge in [-0.25, -0.2) is 0 Å². The van der Waals surface area contributed by atoms with Gasteiger partial charge in [-0.05, 0) is 19.3 Å². The van der Waals surface area contributed by atoms with Gasteiger partial charge in [0.2, 0.25) is 0 Å². The van der Waals surface area contributed by atoms with E-state index in [1.807, 2.05) is 6.92 Å². The van der Waals surface area contributed by atoms with Crippen LogP contribution in [-0.4, -0.2) is 19.3 Å². The fourth-order valence-corrected chi connectivity index (χ4v) is 1.58. The molecule has 0 aromatic rings. The molecule has 0 aliphatic carbocycles. The fraction of sp³-hybridized carbons (Fsp3) is 1.00. The van der Waals surface area contributed by atoms with Crippen molar-refractivity contribution in [1.82, 2.24) is 0 Å². The van der Waals surface area contributed by atoms with Crippen molar-refractivity contribution in [2.75, 3.05) is 13.2 Å². The zero-order valence-electron chi connectivity index (χ0n) is 9.38. The van der Waals surface area contributed by atoms with E-state index in [1.54, 1.807) is 0 Å². The van der Waals surface area contributed by atoms with Crippen LogP contribution in [0.4, 0.5) is 0 Å². The first-order valence-corrected chi connectivity index (χ1v) is 5.59. The minimum atomic E-state index is 0.233. The Labute approximate surface area is 82.8 Å². The summed E-state index contributed by atoms with van der Waals surface area (Å²) in [5.41, 5.74) is 6.03. The first kappa shape index (κ1) is 12.9. The number of unbranched alkanes of at least 4 members (excludes halogenated alkanes) is 1. The van der Waals surface area contributed by atoms with Crippen molar-refractivity contribution in [2.45, 2.75) is 52.5 Å². The monoisotopic (exact) mass is 187 g/mol. The van der Waals surface area contributed by atoms with Crippen molar-refractivity contribution in [3.05, 3.63) is 0 Å². The van der Waals surface area contributed by atoms with E-state index in [0.29, 0.717) is 5.92 Å². The van der Waals surface area contributed by atoms with Gasteiger partial charge in [0.25, 0.3) is 0 Å². The Hall–Kier alpha value is -0.0800. The van der Waals surface area contributed by atoms with Crippen molar-refractivity contribution in [3.8, 4) is 0 Å². The van der Waals surface area contributed by atoms with E-state index >= 15 is 0 Å². The molecular weight excluding hydrogens is 162 g/mol. The van der Waals surface area contributed by atoms with E-state index in [2.05, 4.69) is 13.8 Å². The standard InChI is InChI=1S/C11H25NO/c1-4-7-8-10(5-2)11(12)9-13-6-3/h10-11H,4-9,12H2,1-3H3. The molecule has 0 heterocycles. The van der Waals surface area contributed by atoms with Gasteiger partial charge in [0.15, 0.2) is 0 Å². The maximum absolute atomic E-state index is 6.03. The zero-order valence-corrected chi connectivity index (χ0v) is 9.38. The third kappa shape index (κ3) is 6.05. The molecule has 0 fully saturated rings. The molecule has 0 spiro atoms. The molecule has 0 bridgehead atoms. The molecule has 2 N–H and O–H groups in total. The lowest BCUT2D eigenvalue weighted by molar-refractivity contribution is 0.113. The predicted molar refractivity (Wildman–Crippen MR) is 57.8 cm³/mol. The van der Waals surface area contributed by atoms with Crippen molar-refractivity contribution < 1.29 is 4.74 Å². The molecule has 2 nitrogen and oxygen atoms in total. The van der Waals surface area contributed by atoms with Gasteiger partial charge < -0.3 is 10.5 Å². The number of nitrogens with two attached hydrogens (primary N) is 1. The summed E-state index contributed by atoms with van der Waals surface area (Å²) in [5.74, 6) is 0.645. The Kier molecular flexibility index (Phi) is 8.46. The van der Waals surface area contributed by atoms with Gasteiger partial charge in [0.1, 0.15) is 0 Å². The molecule has 0 radical (unpaired) electrons. The van der Waals surface area contributed by atoms with Gasteiger partial charge in [-0.2, -0.15) is 0 Å². The van der Waals surface area contributed by atoms with Gasteiger partial charge in [0.05, 0.1) is 6.61 Å². The molecule has 2 atom stereocenters. The second kappa shape index (κ2) is 8.52. The summed E-state index contributed by atoms with van der Waals surface area (Å²) in [6.45, 7) is 7.95. The highest BCUT2D eigenvalue weighted by molar-refractivity contribution is 4.71. The average molecular weight is 187 g/mol. The van der Waals surface area contributed by atoms with Crippen LogP contribution < -0.4 is 5.73 Å². The first-order valence-electron chi connectivity index (χ1n) is 5.59. The smallest absolute Gasteiger partial charge is 0.0620 e. The van der Waals surface area contributed by atoms with E-state index in [9.17, 15) is 0 Å². The third-order valence-corrected chi connectivity index (χ3v) is 2.57. The van der Waals surface area contributed by atoms with Gasteiger partial charge in [0, 0.05) is 12.6 Å². The van der Waals surface area contributed by atoms with Gasteiger partial charge in [-0.1, -0.05) is 33.1 Å². The lowest BCUT2D eigenvalue weighted by Gasteiger charge is -2.22. The molecule has 13 heavy (non-hydrogen) atoms. The summed E-state index contributed by atoms with van der Waals surface area (Å²) in [5, 5.41) is 0. The van der Waals surface area contributed by atoms with Crippen molar-refractivity contribution in [3.63, 3.8) is 0 Å². The van der Waals surface area contributed by atoms with E-state index in [1.165, 1.54) is 25.7 Å². The van der Waals surface area contributed by atoms with Crippen LogP contribution in [0.5, 0.6) is 0 Å². The van der Waals surface area contributed by atoms with Gasteiger partial charge in [-0.15, -0.1) is 0 Å². The van der Waals surface area contributed by atoms with Crippen LogP contribution in [0.3, 0.4) is 0 Å². The van der Waals surface area contributed by atoms with Gasteiger partial charge >= 0.3 is 0 Å². The molecule has 0 aliphatic rings. The van der Waals surface area contributed by atoms with Crippen LogP contribution in [0.15, 0.2) is 0 Å². The van der Waals surface area contributed by atoms with Crippen molar-refractivity contribution >= 4 is 0 Å². The topological polar surface area (TPSA) is 35.2 Å². The van der Waals surface area contributed by atoms with Crippen molar-refractivity contribution in [2.24, 2.45) is 11.7 Å². The molecule has 0 aromatic heterocycles. The largest absolute Gasteiger partial charge is 0.380 e. The average Bonchev–Trinajstić information content (AvgIpc) is 2.16. The number of hydrogen-bond donors (Lipinski definition) is 1. The summed E-state index contributed by atoms with van der Waals surface area (Å²) in [7, 11) is 0. The first-order chi connectivity index (χ1) is 6.26. The normalized spacial score (nSPS) is 15.7. The Bertz CT molecular complexity index is 106. The molecule has 0 saturated heterocycles. The minimum absolute atomic E-state index is 0.233. The Morgan fingerprint density at radius 3 is 2.38 bits per heavy atom. The second-order valence-corrected chi connectivity index (χ2v) is 3.63. The molecule has 0 saturated carbocycles. The highest BCUT2D eigenvalue weighted by Gasteiger charge is 2.14. The lowest BCUT2D eigenvalue weighted by atomic mass is 9.92. The SMILES string of the molecule is CCCCC(CC)C(N)COCC. The summed E-state index contributed by atoms with van der Waals surface area (Å²) in [6.07, 6.45) is 4.98. The maximum atomic E-state index is 6.03. The molecule has 2 heteroatoms. The Morgan fingerprint density at radius 2 is 1.92 bits per heavy atom. The zero-order chi connectivity index (χ0) is 10.1. The summed E-state index contributed by atoms with van der Waals surface area (Å²) in [4.78, 5) is 0. The fourth-order valence-electron chi connectivity index (χ4n) is 1.58. The summed E-state index contributed by atoms with van der Waals surface area (Å²) < 4.78 is 5.33. The number of rotatable bonds is 8.